The van der Waals surface area contributed by atoms with E-state index in [9.17, 15) is 5.11 Å². The highest BCUT2D eigenvalue weighted by Gasteiger charge is 2.66. The molecule has 0 radical (unpaired) electrons. The van der Waals surface area contributed by atoms with E-state index in [4.69, 9.17) is 9.47 Å². The standard InChI is InChI=1S/C42H54N2O3/c1-3-25-43-28-24-42-34-22-23-35(41(42)47-40-38(46-2)30-37(45)33(39(40)42)29-36(34)43)44(27-15-13-21-32-19-11-7-12-20-32)26-14-5-4-8-16-31-17-9-6-10-18-31/h3,6-7,9-12,17-20,30,34-36,41,45H,1,4-5,8,13-16,21-29H2,2H3/t34-,35+,36+,41-,42-/m0/s1. The number of hydrogen-bond donors (Lipinski definition) is 1. The van der Waals surface area contributed by atoms with Crippen LogP contribution in [0.1, 0.15) is 80.0 Å². The zero-order chi connectivity index (χ0) is 32.2. The fraction of sp³-hybridized carbons (Fsp3) is 0.524. The van der Waals surface area contributed by atoms with Crippen LogP contribution in [0.3, 0.4) is 0 Å². The molecule has 1 saturated carbocycles. The Kier molecular flexibility index (Phi) is 9.93. The third-order valence-corrected chi connectivity index (χ3v) is 12.1. The van der Waals surface area contributed by atoms with E-state index in [0.717, 1.165) is 56.8 Å². The SMILES string of the molecule is C=CCN1CC[C@]23c4c5c(O)cc(OC)c4O[C@H]2[C@H](N(CCCCCCc2ccccc2)CCCCc2ccccc2)CC[C@H]3[C@H]1C5. The van der Waals surface area contributed by atoms with Gasteiger partial charge in [0.25, 0.3) is 0 Å². The minimum atomic E-state index is -0.0713. The first-order chi connectivity index (χ1) is 23.1. The molecule has 5 heteroatoms. The summed E-state index contributed by atoms with van der Waals surface area (Å²) in [5.41, 5.74) is 5.20. The van der Waals surface area contributed by atoms with Crippen LogP contribution < -0.4 is 9.47 Å². The number of piperidine rings is 1. The lowest BCUT2D eigenvalue weighted by molar-refractivity contribution is -0.0867. The third kappa shape index (κ3) is 6.22. The molecular formula is C42H54N2O3. The molecule has 3 aromatic rings. The summed E-state index contributed by atoms with van der Waals surface area (Å²) in [5.74, 6) is 2.52. The third-order valence-electron chi connectivity index (χ3n) is 12.1. The second-order valence-corrected chi connectivity index (χ2v) is 14.5. The molecule has 2 aliphatic heterocycles. The molecule has 7 rings (SSSR count). The molecule has 5 atom stereocenters. The van der Waals surface area contributed by atoms with Gasteiger partial charge in [-0.25, -0.2) is 0 Å². The fourth-order valence-corrected chi connectivity index (χ4v) is 9.94. The van der Waals surface area contributed by atoms with Crippen molar-refractivity contribution in [1.29, 1.82) is 0 Å². The number of rotatable bonds is 16. The summed E-state index contributed by atoms with van der Waals surface area (Å²) < 4.78 is 13.1. The average Bonchev–Trinajstić information content (AvgIpc) is 3.44. The number of unbranched alkanes of at least 4 members (excludes halogenated alkanes) is 4. The first-order valence-electron chi connectivity index (χ1n) is 18.4. The number of nitrogens with zero attached hydrogens (tertiary/aromatic N) is 2. The lowest BCUT2D eigenvalue weighted by atomic mass is 9.50. The Morgan fingerprint density at radius 2 is 1.60 bits per heavy atom. The van der Waals surface area contributed by atoms with Crippen molar-refractivity contribution in [2.75, 3.05) is 33.3 Å². The summed E-state index contributed by atoms with van der Waals surface area (Å²) in [4.78, 5) is 5.46. The van der Waals surface area contributed by atoms with Crippen LogP contribution >= 0.6 is 0 Å². The van der Waals surface area contributed by atoms with Gasteiger partial charge in [0.05, 0.1) is 7.11 Å². The molecule has 1 saturated heterocycles. The van der Waals surface area contributed by atoms with Gasteiger partial charge in [-0.15, -0.1) is 6.58 Å². The van der Waals surface area contributed by atoms with Crippen molar-refractivity contribution in [3.05, 3.63) is 102 Å². The van der Waals surface area contributed by atoms with Crippen LogP contribution in [0.4, 0.5) is 0 Å². The number of ether oxygens (including phenoxy) is 2. The molecule has 2 bridgehead atoms. The second-order valence-electron chi connectivity index (χ2n) is 14.5. The zero-order valence-electron chi connectivity index (χ0n) is 28.4. The summed E-state index contributed by atoms with van der Waals surface area (Å²) in [6.45, 7) is 8.28. The maximum Gasteiger partial charge on any atom is 0.166 e. The number of likely N-dealkylation sites (tertiary alicyclic amines) is 1. The number of hydrogen-bond acceptors (Lipinski definition) is 5. The quantitative estimate of drug-likeness (QED) is 0.127. The Balaban J connectivity index is 1.11. The number of aryl methyl sites for hydroxylation is 2. The van der Waals surface area contributed by atoms with Gasteiger partial charge >= 0.3 is 0 Å². The molecule has 2 aliphatic carbocycles. The Bertz CT molecular complexity index is 1490. The minimum Gasteiger partial charge on any atom is -0.508 e. The minimum absolute atomic E-state index is 0.0713. The maximum atomic E-state index is 11.4. The van der Waals surface area contributed by atoms with E-state index in [-0.39, 0.29) is 11.5 Å². The number of phenols is 1. The van der Waals surface area contributed by atoms with E-state index in [1.54, 1.807) is 7.11 Å². The van der Waals surface area contributed by atoms with Crippen molar-refractivity contribution < 1.29 is 14.6 Å². The van der Waals surface area contributed by atoms with Crippen molar-refractivity contribution in [1.82, 2.24) is 9.80 Å². The van der Waals surface area contributed by atoms with Crippen molar-refractivity contribution in [3.63, 3.8) is 0 Å². The van der Waals surface area contributed by atoms with Gasteiger partial charge in [0.2, 0.25) is 0 Å². The fourth-order valence-electron chi connectivity index (χ4n) is 9.94. The first-order valence-corrected chi connectivity index (χ1v) is 18.4. The highest BCUT2D eigenvalue weighted by atomic mass is 16.5. The predicted octanol–water partition coefficient (Wildman–Crippen LogP) is 8.12. The van der Waals surface area contributed by atoms with E-state index >= 15 is 0 Å². The van der Waals surface area contributed by atoms with Gasteiger partial charge in [-0.1, -0.05) is 79.6 Å². The molecule has 1 spiro atoms. The zero-order valence-corrected chi connectivity index (χ0v) is 28.4. The van der Waals surface area contributed by atoms with E-state index in [1.807, 2.05) is 6.07 Å². The maximum absolute atomic E-state index is 11.4. The molecule has 4 aliphatic rings. The second kappa shape index (κ2) is 14.5. The largest absolute Gasteiger partial charge is 0.508 e. The van der Waals surface area contributed by atoms with Gasteiger partial charge in [0, 0.05) is 41.2 Å². The van der Waals surface area contributed by atoms with Gasteiger partial charge in [-0.05, 0) is 101 Å². The molecule has 3 aromatic carbocycles. The topological polar surface area (TPSA) is 45.2 Å². The van der Waals surface area contributed by atoms with Crippen LogP contribution in [0, 0.1) is 5.92 Å². The van der Waals surface area contributed by atoms with Crippen molar-refractivity contribution >= 4 is 0 Å². The summed E-state index contributed by atoms with van der Waals surface area (Å²) in [6, 6.07) is 24.4. The smallest absolute Gasteiger partial charge is 0.166 e. The summed E-state index contributed by atoms with van der Waals surface area (Å²) in [7, 11) is 1.71. The van der Waals surface area contributed by atoms with E-state index in [1.165, 1.54) is 74.5 Å². The van der Waals surface area contributed by atoms with Crippen LogP contribution in [0.5, 0.6) is 17.2 Å². The Labute approximate surface area is 282 Å². The molecule has 2 heterocycles. The molecule has 47 heavy (non-hydrogen) atoms. The van der Waals surface area contributed by atoms with Crippen molar-refractivity contribution in [3.8, 4) is 17.2 Å². The molecule has 1 N–H and O–H groups in total. The first kappa shape index (κ1) is 32.3. The van der Waals surface area contributed by atoms with Crippen LogP contribution in [0.15, 0.2) is 79.4 Å². The van der Waals surface area contributed by atoms with Crippen LogP contribution in [0.2, 0.25) is 0 Å². The molecule has 0 aromatic heterocycles. The Morgan fingerprint density at radius 3 is 2.28 bits per heavy atom. The molecule has 5 nitrogen and oxygen atoms in total. The van der Waals surface area contributed by atoms with Crippen LogP contribution in [-0.2, 0) is 24.7 Å². The van der Waals surface area contributed by atoms with Crippen molar-refractivity contribution in [2.24, 2.45) is 5.92 Å². The van der Waals surface area contributed by atoms with Gasteiger partial charge < -0.3 is 14.6 Å². The summed E-state index contributed by atoms with van der Waals surface area (Å²) >= 11 is 0. The van der Waals surface area contributed by atoms with Gasteiger partial charge in [-0.3, -0.25) is 9.80 Å². The normalized spacial score (nSPS) is 25.7. The van der Waals surface area contributed by atoms with Gasteiger partial charge in [0.1, 0.15) is 11.9 Å². The lowest BCUT2D eigenvalue weighted by Gasteiger charge is -2.60. The molecule has 0 unspecified atom stereocenters. The van der Waals surface area contributed by atoms with E-state index in [0.29, 0.717) is 29.5 Å². The number of benzene rings is 3. The summed E-state index contributed by atoms with van der Waals surface area (Å²) in [6.07, 6.45) is 16.2. The monoisotopic (exact) mass is 634 g/mol. The molecule has 0 amide bonds. The lowest BCUT2D eigenvalue weighted by Crippen LogP contribution is -2.68. The number of phenolic OH excluding ortho intramolecular Hbond substituents is 1. The van der Waals surface area contributed by atoms with Gasteiger partial charge in [-0.2, -0.15) is 0 Å². The molecule has 250 valence electrons. The predicted molar refractivity (Wildman–Crippen MR) is 191 cm³/mol. The highest BCUT2D eigenvalue weighted by molar-refractivity contribution is 5.65. The average molecular weight is 635 g/mol. The Morgan fingerprint density at radius 1 is 0.936 bits per heavy atom. The molecular weight excluding hydrogens is 580 g/mol. The van der Waals surface area contributed by atoms with E-state index < -0.39 is 0 Å². The number of methoxy groups -OCH3 is 1. The summed E-state index contributed by atoms with van der Waals surface area (Å²) in [5, 5.41) is 11.4. The van der Waals surface area contributed by atoms with E-state index in [2.05, 4.69) is 83.1 Å². The molecule has 2 fully saturated rings. The van der Waals surface area contributed by atoms with Crippen molar-refractivity contribution in [2.45, 2.75) is 101 Å². The van der Waals surface area contributed by atoms with Crippen LogP contribution in [-0.4, -0.2) is 66.4 Å². The highest BCUT2D eigenvalue weighted by Crippen LogP contribution is 2.65. The Hall–Kier alpha value is -3.28. The van der Waals surface area contributed by atoms with Crippen LogP contribution in [0.25, 0.3) is 0 Å². The van der Waals surface area contributed by atoms with Gasteiger partial charge in [0.15, 0.2) is 11.5 Å². The number of aromatic hydroxyl groups is 1.